The van der Waals surface area contributed by atoms with Crippen LogP contribution in [0.25, 0.3) is 0 Å². The van der Waals surface area contributed by atoms with Gasteiger partial charge in [0.25, 0.3) is 5.91 Å². The van der Waals surface area contributed by atoms with Gasteiger partial charge in [0.15, 0.2) is 5.17 Å². The molecule has 5 rings (SSSR count). The predicted molar refractivity (Wildman–Crippen MR) is 152 cm³/mol. The Morgan fingerprint density at radius 2 is 1.88 bits per heavy atom. The molecular weight excluding hydrogens is 530 g/mol. The number of ether oxygens (including phenoxy) is 1. The summed E-state index contributed by atoms with van der Waals surface area (Å²) in [6.45, 7) is 2.43. The molecule has 2 atom stereocenters. The molecule has 0 saturated carbocycles. The first-order valence-electron chi connectivity index (χ1n) is 12.9. The second-order valence-corrected chi connectivity index (χ2v) is 10.3. The quantitative estimate of drug-likeness (QED) is 0.390. The van der Waals surface area contributed by atoms with Crippen molar-refractivity contribution in [3.05, 3.63) is 83.8 Å². The number of fused-ring (bicyclic) bond motifs is 3. The highest BCUT2D eigenvalue weighted by atomic mass is 32.2. The van der Waals surface area contributed by atoms with Crippen LogP contribution in [0, 0.1) is 0 Å². The summed E-state index contributed by atoms with van der Waals surface area (Å²) in [7, 11) is 1.57. The number of carbonyl (C=O) groups is 3. The van der Waals surface area contributed by atoms with Crippen LogP contribution in [0.15, 0.2) is 81.3 Å². The lowest BCUT2D eigenvalue weighted by Gasteiger charge is -2.27. The number of furan rings is 1. The molecule has 0 fully saturated rings. The van der Waals surface area contributed by atoms with Gasteiger partial charge < -0.3 is 19.8 Å². The summed E-state index contributed by atoms with van der Waals surface area (Å²) in [6.07, 6.45) is 1.95. The number of rotatable bonds is 10. The van der Waals surface area contributed by atoms with E-state index in [1.165, 1.54) is 16.7 Å². The minimum Gasteiger partial charge on any atom is -0.496 e. The number of nitrogens with one attached hydrogen (secondary N) is 2. The van der Waals surface area contributed by atoms with Gasteiger partial charge in [0.1, 0.15) is 23.4 Å². The van der Waals surface area contributed by atoms with E-state index in [-0.39, 0.29) is 37.2 Å². The van der Waals surface area contributed by atoms with E-state index < -0.39 is 11.3 Å². The zero-order valence-electron chi connectivity index (χ0n) is 22.1. The third-order valence-corrected chi connectivity index (χ3v) is 7.84. The van der Waals surface area contributed by atoms with Crippen molar-refractivity contribution >= 4 is 46.2 Å². The molecule has 0 aliphatic carbocycles. The second kappa shape index (κ2) is 12.2. The van der Waals surface area contributed by atoms with Crippen molar-refractivity contribution in [2.45, 2.75) is 44.1 Å². The summed E-state index contributed by atoms with van der Waals surface area (Å²) >= 11 is 1.20. The molecule has 0 unspecified atom stereocenters. The van der Waals surface area contributed by atoms with Crippen LogP contribution in [-0.2, 0) is 27.5 Å². The third-order valence-electron chi connectivity index (χ3n) is 6.52. The summed E-state index contributed by atoms with van der Waals surface area (Å²) in [5, 5.41) is 5.60. The molecule has 40 heavy (non-hydrogen) atoms. The summed E-state index contributed by atoms with van der Waals surface area (Å²) in [5.74, 6) is 0.901. The van der Waals surface area contributed by atoms with Gasteiger partial charge in [-0.2, -0.15) is 0 Å². The fourth-order valence-electron chi connectivity index (χ4n) is 4.46. The molecule has 0 spiro atoms. The molecular formula is C29H29N5O5S. The lowest BCUT2D eigenvalue weighted by molar-refractivity contribution is -0.128. The number of hydrogen-bond donors (Lipinski definition) is 2. The van der Waals surface area contributed by atoms with E-state index in [1.807, 2.05) is 55.5 Å². The molecule has 206 valence electrons. The summed E-state index contributed by atoms with van der Waals surface area (Å²) < 4.78 is 10.6. The molecule has 0 bridgehead atoms. The Labute approximate surface area is 235 Å². The standard InChI is InChI=1S/C29H29N5O5S/c1-3-24(27(36)31-17-19-10-8-14-39-19)40-29-33-21-12-6-5-11-20(21)26-32-22(28(37)34(26)29)15-25(35)30-16-18-9-4-7-13-23(18)38-2/h4-14,22,24H,3,15-17H2,1-2H3,(H,30,35)(H,31,36)/t22-,24+/m0/s1. The largest absolute Gasteiger partial charge is 0.496 e. The smallest absolute Gasteiger partial charge is 0.259 e. The van der Waals surface area contributed by atoms with Crippen molar-refractivity contribution in [2.75, 3.05) is 7.11 Å². The van der Waals surface area contributed by atoms with E-state index in [0.29, 0.717) is 40.2 Å². The number of amides is 3. The SMILES string of the molecule is CC[C@@H](SC1=Nc2ccccc2C2=N[C@@H](CC(=O)NCc3ccccc3OC)C(=O)N12)C(=O)NCc1ccco1. The Morgan fingerprint density at radius 1 is 1.07 bits per heavy atom. The molecule has 0 saturated heterocycles. The van der Waals surface area contributed by atoms with Gasteiger partial charge in [0.05, 0.1) is 37.3 Å². The van der Waals surface area contributed by atoms with E-state index in [9.17, 15) is 14.4 Å². The number of benzene rings is 2. The predicted octanol–water partition coefficient (Wildman–Crippen LogP) is 3.78. The van der Waals surface area contributed by atoms with Crippen LogP contribution in [0.5, 0.6) is 5.75 Å². The fraction of sp³-hybridized carbons (Fsp3) is 0.276. The van der Waals surface area contributed by atoms with Crippen LogP contribution in [0.2, 0.25) is 0 Å². The van der Waals surface area contributed by atoms with Gasteiger partial charge >= 0.3 is 0 Å². The number of aliphatic imine (C=N–C) groups is 2. The lowest BCUT2D eigenvalue weighted by atomic mass is 10.1. The van der Waals surface area contributed by atoms with Crippen LogP contribution in [0.3, 0.4) is 0 Å². The highest BCUT2D eigenvalue weighted by Gasteiger charge is 2.43. The van der Waals surface area contributed by atoms with E-state index in [2.05, 4.69) is 15.6 Å². The number of carbonyl (C=O) groups excluding carboxylic acids is 3. The number of para-hydroxylation sites is 2. The Hall–Kier alpha value is -4.38. The van der Waals surface area contributed by atoms with Crippen molar-refractivity contribution in [2.24, 2.45) is 9.98 Å². The van der Waals surface area contributed by atoms with Gasteiger partial charge in [-0.1, -0.05) is 49.0 Å². The fourth-order valence-corrected chi connectivity index (χ4v) is 5.50. The molecule has 3 heterocycles. The molecule has 0 radical (unpaired) electrons. The molecule has 3 amide bonds. The molecule has 2 N–H and O–H groups in total. The monoisotopic (exact) mass is 559 g/mol. The van der Waals surface area contributed by atoms with Gasteiger partial charge in [-0.15, -0.1) is 0 Å². The van der Waals surface area contributed by atoms with Crippen molar-refractivity contribution < 1.29 is 23.5 Å². The van der Waals surface area contributed by atoms with Crippen molar-refractivity contribution in [3.8, 4) is 5.75 Å². The van der Waals surface area contributed by atoms with E-state index in [4.69, 9.17) is 14.1 Å². The molecule has 11 heteroatoms. The van der Waals surface area contributed by atoms with Gasteiger partial charge in [0, 0.05) is 17.7 Å². The molecule has 2 aliphatic rings. The van der Waals surface area contributed by atoms with Crippen molar-refractivity contribution in [1.82, 2.24) is 15.5 Å². The van der Waals surface area contributed by atoms with Gasteiger partial charge in [0.2, 0.25) is 11.8 Å². The van der Waals surface area contributed by atoms with Gasteiger partial charge in [-0.25, -0.2) is 9.89 Å². The van der Waals surface area contributed by atoms with E-state index >= 15 is 0 Å². The first-order valence-corrected chi connectivity index (χ1v) is 13.8. The maximum Gasteiger partial charge on any atom is 0.259 e. The molecule has 1 aromatic heterocycles. The third kappa shape index (κ3) is 5.79. The van der Waals surface area contributed by atoms with Crippen LogP contribution < -0.4 is 15.4 Å². The minimum atomic E-state index is -0.905. The van der Waals surface area contributed by atoms with E-state index in [0.717, 1.165) is 5.56 Å². The maximum atomic E-state index is 13.6. The minimum absolute atomic E-state index is 0.116. The topological polar surface area (TPSA) is 126 Å². The number of amidine groups is 2. The molecule has 2 aromatic carbocycles. The Balaban J connectivity index is 1.30. The number of nitrogens with zero attached hydrogens (tertiary/aromatic N) is 3. The van der Waals surface area contributed by atoms with Crippen molar-refractivity contribution in [3.63, 3.8) is 0 Å². The zero-order valence-corrected chi connectivity index (χ0v) is 22.9. The van der Waals surface area contributed by atoms with Gasteiger partial charge in [-0.05, 0) is 36.8 Å². The van der Waals surface area contributed by atoms with Crippen LogP contribution in [-0.4, -0.2) is 52.0 Å². The molecule has 10 nitrogen and oxygen atoms in total. The first-order chi connectivity index (χ1) is 19.5. The van der Waals surface area contributed by atoms with Crippen LogP contribution in [0.1, 0.15) is 36.7 Å². The summed E-state index contributed by atoms with van der Waals surface area (Å²) in [5.41, 5.74) is 2.18. The van der Waals surface area contributed by atoms with Crippen LogP contribution in [0.4, 0.5) is 5.69 Å². The molecule has 2 aliphatic heterocycles. The lowest BCUT2D eigenvalue weighted by Crippen LogP contribution is -2.43. The molecule has 3 aromatic rings. The number of methoxy groups -OCH3 is 1. The van der Waals surface area contributed by atoms with Crippen LogP contribution >= 0.6 is 11.8 Å². The number of thioether (sulfide) groups is 1. The normalized spacial score (nSPS) is 16.4. The highest BCUT2D eigenvalue weighted by molar-refractivity contribution is 8.15. The second-order valence-electron chi connectivity index (χ2n) is 9.16. The summed E-state index contributed by atoms with van der Waals surface area (Å²) in [6, 6.07) is 17.4. The van der Waals surface area contributed by atoms with E-state index in [1.54, 1.807) is 25.5 Å². The maximum absolute atomic E-state index is 13.6. The van der Waals surface area contributed by atoms with Gasteiger partial charge in [-0.3, -0.25) is 19.4 Å². The zero-order chi connectivity index (χ0) is 28.1. The average molecular weight is 560 g/mol. The average Bonchev–Trinajstić information content (AvgIpc) is 3.62. The first kappa shape index (κ1) is 27.2. The Kier molecular flexibility index (Phi) is 8.30. The Morgan fingerprint density at radius 3 is 2.65 bits per heavy atom. The Bertz CT molecular complexity index is 1470. The number of hydrogen-bond acceptors (Lipinski definition) is 8. The van der Waals surface area contributed by atoms with Crippen molar-refractivity contribution in [1.29, 1.82) is 0 Å². The highest BCUT2D eigenvalue weighted by Crippen LogP contribution is 2.35. The summed E-state index contributed by atoms with van der Waals surface area (Å²) in [4.78, 5) is 50.2.